The molecule has 0 aromatic heterocycles. The number of rotatable bonds is 8. The van der Waals surface area contributed by atoms with Crippen molar-refractivity contribution in [2.45, 2.75) is 44.6 Å². The Labute approximate surface area is 119 Å². The number of nitrogens with one attached hydrogen (secondary N) is 3. The van der Waals surface area contributed by atoms with Crippen LogP contribution in [0.5, 0.6) is 0 Å². The van der Waals surface area contributed by atoms with Gasteiger partial charge in [0.15, 0.2) is 0 Å². The van der Waals surface area contributed by atoms with Crippen LogP contribution >= 0.6 is 0 Å². The Hall–Kier alpha value is -1.15. The highest BCUT2D eigenvalue weighted by Gasteiger charge is 2.17. The molecule has 1 aliphatic carbocycles. The van der Waals surface area contributed by atoms with Gasteiger partial charge >= 0.3 is 0 Å². The van der Waals surface area contributed by atoms with E-state index in [2.05, 4.69) is 15.4 Å². The van der Waals surface area contributed by atoms with Gasteiger partial charge in [-0.2, -0.15) is 0 Å². The molecule has 0 atom stereocenters. The Kier molecular flexibility index (Phi) is 6.94. The van der Waals surface area contributed by atoms with E-state index in [9.17, 15) is 18.0 Å². The van der Waals surface area contributed by atoms with Crippen LogP contribution in [0.25, 0.3) is 0 Å². The lowest BCUT2D eigenvalue weighted by atomic mass is 10.2. The molecular weight excluding hydrogens is 282 g/mol. The molecule has 0 aromatic carbocycles. The summed E-state index contributed by atoms with van der Waals surface area (Å²) in [6.07, 6.45) is 5.70. The maximum Gasteiger partial charge on any atom is 0.220 e. The van der Waals surface area contributed by atoms with Gasteiger partial charge in [0.2, 0.25) is 21.8 Å². The van der Waals surface area contributed by atoms with Crippen LogP contribution in [0.1, 0.15) is 38.5 Å². The van der Waals surface area contributed by atoms with E-state index in [-0.39, 0.29) is 43.8 Å². The molecule has 116 valence electrons. The number of amides is 2. The van der Waals surface area contributed by atoms with E-state index in [1.165, 1.54) is 0 Å². The summed E-state index contributed by atoms with van der Waals surface area (Å²) < 4.78 is 23.8. The minimum Gasteiger partial charge on any atom is -0.355 e. The van der Waals surface area contributed by atoms with Gasteiger partial charge in [-0.15, -0.1) is 0 Å². The van der Waals surface area contributed by atoms with Crippen LogP contribution in [0.3, 0.4) is 0 Å². The molecule has 0 spiro atoms. The monoisotopic (exact) mass is 305 g/mol. The van der Waals surface area contributed by atoms with Gasteiger partial charge in [0, 0.05) is 32.0 Å². The first kappa shape index (κ1) is 16.9. The maximum absolute atomic E-state index is 11.6. The molecule has 0 heterocycles. The number of carbonyl (C=O) groups excluding carboxylic acids is 2. The van der Waals surface area contributed by atoms with Crippen LogP contribution < -0.4 is 15.4 Å². The fourth-order valence-corrected chi connectivity index (χ4v) is 2.60. The standard InChI is InChI=1S/C12H23N3O4S/c1-20(18,19)14-9-8-13-11(16)6-7-12(17)15-10-4-2-3-5-10/h10,14H,2-9H2,1H3,(H,13,16)(H,15,17). The van der Waals surface area contributed by atoms with Gasteiger partial charge in [0.05, 0.1) is 6.26 Å². The molecule has 1 aliphatic rings. The molecule has 8 heteroatoms. The summed E-state index contributed by atoms with van der Waals surface area (Å²) in [6.45, 7) is 0.370. The quantitative estimate of drug-likeness (QED) is 0.525. The third-order valence-electron chi connectivity index (χ3n) is 3.11. The zero-order valence-electron chi connectivity index (χ0n) is 11.8. The largest absolute Gasteiger partial charge is 0.355 e. The molecule has 2 amide bonds. The lowest BCUT2D eigenvalue weighted by Crippen LogP contribution is -2.36. The van der Waals surface area contributed by atoms with Gasteiger partial charge in [-0.1, -0.05) is 12.8 Å². The van der Waals surface area contributed by atoms with Gasteiger partial charge in [-0.25, -0.2) is 13.1 Å². The second kappa shape index (κ2) is 8.21. The van der Waals surface area contributed by atoms with Crippen molar-refractivity contribution in [3.8, 4) is 0 Å². The van der Waals surface area contributed by atoms with Gasteiger partial charge in [0.25, 0.3) is 0 Å². The minimum absolute atomic E-state index is 0.0960. The fraction of sp³-hybridized carbons (Fsp3) is 0.833. The highest BCUT2D eigenvalue weighted by Crippen LogP contribution is 2.17. The molecule has 0 bridgehead atoms. The summed E-state index contributed by atoms with van der Waals surface area (Å²) in [5.41, 5.74) is 0. The van der Waals surface area contributed by atoms with Crippen molar-refractivity contribution in [3.63, 3.8) is 0 Å². The van der Waals surface area contributed by atoms with E-state index in [0.717, 1.165) is 31.9 Å². The summed E-state index contributed by atoms with van der Waals surface area (Å²) in [7, 11) is -3.23. The van der Waals surface area contributed by atoms with E-state index in [4.69, 9.17) is 0 Å². The van der Waals surface area contributed by atoms with Crippen molar-refractivity contribution in [2.75, 3.05) is 19.3 Å². The maximum atomic E-state index is 11.6. The van der Waals surface area contributed by atoms with Gasteiger partial charge < -0.3 is 10.6 Å². The SMILES string of the molecule is CS(=O)(=O)NCCNC(=O)CCC(=O)NC1CCCC1. The first-order valence-electron chi connectivity index (χ1n) is 6.87. The Morgan fingerprint density at radius 2 is 1.65 bits per heavy atom. The number of carbonyl (C=O) groups is 2. The van der Waals surface area contributed by atoms with E-state index in [1.54, 1.807) is 0 Å². The number of sulfonamides is 1. The van der Waals surface area contributed by atoms with Crippen LogP contribution in [-0.4, -0.2) is 45.6 Å². The first-order chi connectivity index (χ1) is 9.37. The van der Waals surface area contributed by atoms with Gasteiger partial charge in [-0.05, 0) is 12.8 Å². The van der Waals surface area contributed by atoms with Crippen LogP contribution in [-0.2, 0) is 19.6 Å². The van der Waals surface area contributed by atoms with Crippen molar-refractivity contribution in [1.29, 1.82) is 0 Å². The van der Waals surface area contributed by atoms with Crippen molar-refractivity contribution >= 4 is 21.8 Å². The molecule has 0 unspecified atom stereocenters. The number of hydrogen-bond acceptors (Lipinski definition) is 4. The highest BCUT2D eigenvalue weighted by atomic mass is 32.2. The highest BCUT2D eigenvalue weighted by molar-refractivity contribution is 7.88. The van der Waals surface area contributed by atoms with E-state index >= 15 is 0 Å². The van der Waals surface area contributed by atoms with Crippen molar-refractivity contribution < 1.29 is 18.0 Å². The Morgan fingerprint density at radius 1 is 1.05 bits per heavy atom. The Balaban J connectivity index is 2.05. The second-order valence-electron chi connectivity index (χ2n) is 5.07. The predicted octanol–water partition coefficient (Wildman–Crippen LogP) is -0.509. The molecule has 0 saturated heterocycles. The van der Waals surface area contributed by atoms with Crippen molar-refractivity contribution in [2.24, 2.45) is 0 Å². The lowest BCUT2D eigenvalue weighted by Gasteiger charge is -2.11. The van der Waals surface area contributed by atoms with Crippen LogP contribution in [0.4, 0.5) is 0 Å². The van der Waals surface area contributed by atoms with Crippen LogP contribution in [0, 0.1) is 0 Å². The average Bonchev–Trinajstić information content (AvgIpc) is 2.84. The third kappa shape index (κ3) is 8.11. The predicted molar refractivity (Wildman–Crippen MR) is 75.5 cm³/mol. The van der Waals surface area contributed by atoms with Crippen LogP contribution in [0.2, 0.25) is 0 Å². The number of hydrogen-bond donors (Lipinski definition) is 3. The molecule has 0 aromatic rings. The van der Waals surface area contributed by atoms with Gasteiger partial charge in [-0.3, -0.25) is 9.59 Å². The molecule has 1 fully saturated rings. The van der Waals surface area contributed by atoms with Gasteiger partial charge in [0.1, 0.15) is 0 Å². The zero-order chi connectivity index (χ0) is 15.0. The molecule has 7 nitrogen and oxygen atoms in total. The Bertz CT molecular complexity index is 430. The second-order valence-corrected chi connectivity index (χ2v) is 6.90. The summed E-state index contributed by atoms with van der Waals surface area (Å²) >= 11 is 0. The van der Waals surface area contributed by atoms with E-state index in [0.29, 0.717) is 0 Å². The third-order valence-corrected chi connectivity index (χ3v) is 3.84. The smallest absolute Gasteiger partial charge is 0.220 e. The molecule has 1 rings (SSSR count). The minimum atomic E-state index is -3.23. The topological polar surface area (TPSA) is 104 Å². The van der Waals surface area contributed by atoms with Crippen LogP contribution in [0.15, 0.2) is 0 Å². The molecule has 0 aliphatic heterocycles. The summed E-state index contributed by atoms with van der Waals surface area (Å²) in [5.74, 6) is -0.344. The normalized spacial score (nSPS) is 16.1. The fourth-order valence-electron chi connectivity index (χ4n) is 2.12. The summed E-state index contributed by atoms with van der Waals surface area (Å²) in [5, 5.41) is 5.47. The lowest BCUT2D eigenvalue weighted by molar-refractivity contribution is -0.126. The molecule has 3 N–H and O–H groups in total. The summed E-state index contributed by atoms with van der Waals surface area (Å²) in [4.78, 5) is 23.0. The van der Waals surface area contributed by atoms with E-state index < -0.39 is 10.0 Å². The molecule has 20 heavy (non-hydrogen) atoms. The van der Waals surface area contributed by atoms with Crippen molar-refractivity contribution in [1.82, 2.24) is 15.4 Å². The Morgan fingerprint density at radius 3 is 2.25 bits per heavy atom. The zero-order valence-corrected chi connectivity index (χ0v) is 12.6. The first-order valence-corrected chi connectivity index (χ1v) is 8.76. The molecular formula is C12H23N3O4S. The van der Waals surface area contributed by atoms with Crippen molar-refractivity contribution in [3.05, 3.63) is 0 Å². The van der Waals surface area contributed by atoms with E-state index in [1.807, 2.05) is 0 Å². The molecule has 1 saturated carbocycles. The summed E-state index contributed by atoms with van der Waals surface area (Å²) in [6, 6.07) is 0.268. The average molecular weight is 305 g/mol. The molecule has 0 radical (unpaired) electrons.